The number of hydrogen-bond acceptors (Lipinski definition) is 4. The predicted molar refractivity (Wildman–Crippen MR) is 63.5 cm³/mol. The second-order valence-electron chi connectivity index (χ2n) is 2.73. The van der Waals surface area contributed by atoms with Gasteiger partial charge in [-0.05, 0) is 12.1 Å². The SMILES string of the molecule is C=COC(C)=O.CNC(=O)Oc1ccccc1. The molecule has 0 aliphatic heterocycles. The van der Waals surface area contributed by atoms with Gasteiger partial charge in [-0.25, -0.2) is 4.79 Å². The molecule has 0 spiro atoms. The molecule has 1 aromatic carbocycles. The summed E-state index contributed by atoms with van der Waals surface area (Å²) in [5, 5.41) is 2.35. The Morgan fingerprint density at radius 3 is 2.24 bits per heavy atom. The number of carbonyl (C=O) groups is 2. The first-order valence-electron chi connectivity index (χ1n) is 4.83. The standard InChI is InChI=1S/C8H9NO2.C4H6O2/c1-9-8(10)11-7-5-3-2-4-6-7;1-3-6-4(2)5/h2-6H,1H3,(H,9,10);3H,1H2,2H3. The number of esters is 1. The lowest BCUT2D eigenvalue weighted by atomic mass is 10.3. The first kappa shape index (κ1) is 14.7. The summed E-state index contributed by atoms with van der Waals surface area (Å²) in [6.07, 6.45) is 0.652. The quantitative estimate of drug-likeness (QED) is 0.632. The number of carbonyl (C=O) groups excluding carboxylic acids is 2. The van der Waals surface area contributed by atoms with Crippen molar-refractivity contribution in [3.8, 4) is 5.75 Å². The smallest absolute Gasteiger partial charge is 0.412 e. The minimum atomic E-state index is -0.448. The Balaban J connectivity index is 0.000000366. The van der Waals surface area contributed by atoms with Gasteiger partial charge in [0.15, 0.2) is 0 Å². The van der Waals surface area contributed by atoms with Crippen LogP contribution in [0.5, 0.6) is 5.75 Å². The molecule has 0 aliphatic carbocycles. The molecule has 0 aliphatic rings. The van der Waals surface area contributed by atoms with E-state index in [0.717, 1.165) is 6.26 Å². The van der Waals surface area contributed by atoms with Crippen molar-refractivity contribution in [2.45, 2.75) is 6.92 Å². The van der Waals surface area contributed by atoms with Crippen molar-refractivity contribution in [2.24, 2.45) is 0 Å². The number of para-hydroxylation sites is 1. The maximum Gasteiger partial charge on any atom is 0.412 e. The Bertz CT molecular complexity index is 362. The zero-order valence-electron chi connectivity index (χ0n) is 9.80. The van der Waals surface area contributed by atoms with Crippen LogP contribution in [0.2, 0.25) is 0 Å². The molecule has 0 unspecified atom stereocenters. The van der Waals surface area contributed by atoms with Gasteiger partial charge < -0.3 is 14.8 Å². The third-order valence-electron chi connectivity index (χ3n) is 1.41. The lowest BCUT2D eigenvalue weighted by Gasteiger charge is -2.00. The van der Waals surface area contributed by atoms with E-state index in [1.165, 1.54) is 14.0 Å². The number of ether oxygens (including phenoxy) is 2. The molecular weight excluding hydrogens is 222 g/mol. The van der Waals surface area contributed by atoms with Crippen LogP contribution in [0.1, 0.15) is 6.92 Å². The van der Waals surface area contributed by atoms with E-state index < -0.39 is 6.09 Å². The topological polar surface area (TPSA) is 64.6 Å². The molecule has 1 amide bonds. The highest BCUT2D eigenvalue weighted by Crippen LogP contribution is 2.07. The Morgan fingerprint density at radius 2 is 1.88 bits per heavy atom. The highest BCUT2D eigenvalue weighted by Gasteiger charge is 1.97. The molecule has 0 saturated carbocycles. The molecule has 0 bridgehead atoms. The van der Waals surface area contributed by atoms with Crippen molar-refractivity contribution in [3.05, 3.63) is 43.2 Å². The molecular formula is C12H15NO4. The van der Waals surface area contributed by atoms with E-state index in [2.05, 4.69) is 16.6 Å². The molecule has 5 nitrogen and oxygen atoms in total. The summed E-state index contributed by atoms with van der Waals surface area (Å²) < 4.78 is 8.98. The summed E-state index contributed by atoms with van der Waals surface area (Å²) >= 11 is 0. The lowest BCUT2D eigenvalue weighted by Crippen LogP contribution is -2.21. The molecule has 1 rings (SSSR count). The minimum Gasteiger partial charge on any atom is -0.435 e. The minimum absolute atomic E-state index is 0.329. The van der Waals surface area contributed by atoms with Gasteiger partial charge >= 0.3 is 12.1 Å². The van der Waals surface area contributed by atoms with Gasteiger partial charge in [0.05, 0.1) is 6.26 Å². The largest absolute Gasteiger partial charge is 0.435 e. The molecule has 0 fully saturated rings. The fraction of sp³-hybridized carbons (Fsp3) is 0.167. The van der Waals surface area contributed by atoms with Gasteiger partial charge in [-0.2, -0.15) is 0 Å². The molecule has 0 saturated heterocycles. The highest BCUT2D eigenvalue weighted by molar-refractivity contribution is 5.69. The van der Waals surface area contributed by atoms with E-state index in [1.54, 1.807) is 24.3 Å². The van der Waals surface area contributed by atoms with Crippen molar-refractivity contribution >= 4 is 12.1 Å². The Morgan fingerprint density at radius 1 is 1.29 bits per heavy atom. The second kappa shape index (κ2) is 8.96. The number of benzene rings is 1. The van der Waals surface area contributed by atoms with Crippen LogP contribution >= 0.6 is 0 Å². The van der Waals surface area contributed by atoms with Crippen LogP contribution in [0.25, 0.3) is 0 Å². The predicted octanol–water partition coefficient (Wildman–Crippen LogP) is 2.10. The molecule has 0 radical (unpaired) electrons. The Hall–Kier alpha value is -2.30. The van der Waals surface area contributed by atoms with E-state index in [9.17, 15) is 9.59 Å². The summed E-state index contributed by atoms with van der Waals surface area (Å²) in [6.45, 7) is 4.48. The third-order valence-corrected chi connectivity index (χ3v) is 1.41. The normalized spacial score (nSPS) is 8.12. The molecule has 92 valence electrons. The fourth-order valence-corrected chi connectivity index (χ4v) is 0.764. The monoisotopic (exact) mass is 237 g/mol. The summed E-state index contributed by atoms with van der Waals surface area (Å²) in [7, 11) is 1.52. The van der Waals surface area contributed by atoms with Gasteiger partial charge in [0.1, 0.15) is 5.75 Å². The van der Waals surface area contributed by atoms with Crippen LogP contribution in [0.3, 0.4) is 0 Å². The molecule has 5 heteroatoms. The maximum absolute atomic E-state index is 10.6. The van der Waals surface area contributed by atoms with Crippen LogP contribution in [-0.4, -0.2) is 19.1 Å². The van der Waals surface area contributed by atoms with Crippen molar-refractivity contribution < 1.29 is 19.1 Å². The van der Waals surface area contributed by atoms with E-state index in [0.29, 0.717) is 5.75 Å². The lowest BCUT2D eigenvalue weighted by molar-refractivity contribution is -0.135. The molecule has 0 atom stereocenters. The molecule has 1 N–H and O–H groups in total. The molecule has 1 aromatic rings. The van der Waals surface area contributed by atoms with Crippen molar-refractivity contribution in [1.29, 1.82) is 0 Å². The maximum atomic E-state index is 10.6. The van der Waals surface area contributed by atoms with E-state index in [-0.39, 0.29) is 5.97 Å². The third kappa shape index (κ3) is 8.68. The number of hydrogen-bond donors (Lipinski definition) is 1. The van der Waals surface area contributed by atoms with Crippen LogP contribution in [0.15, 0.2) is 43.2 Å². The average Bonchev–Trinajstić information content (AvgIpc) is 2.31. The molecule has 0 aromatic heterocycles. The number of nitrogens with one attached hydrogen (secondary N) is 1. The van der Waals surface area contributed by atoms with Gasteiger partial charge in [0, 0.05) is 14.0 Å². The van der Waals surface area contributed by atoms with Gasteiger partial charge in [-0.3, -0.25) is 4.79 Å². The zero-order chi connectivity index (χ0) is 13.1. The Kier molecular flexibility index (Phi) is 7.75. The first-order chi connectivity index (χ1) is 8.10. The molecule has 17 heavy (non-hydrogen) atoms. The first-order valence-corrected chi connectivity index (χ1v) is 4.83. The van der Waals surface area contributed by atoms with Gasteiger partial charge in [0.2, 0.25) is 0 Å². The van der Waals surface area contributed by atoms with Gasteiger partial charge in [-0.1, -0.05) is 24.8 Å². The van der Waals surface area contributed by atoms with E-state index in [1.807, 2.05) is 6.07 Å². The average molecular weight is 237 g/mol. The van der Waals surface area contributed by atoms with Crippen LogP contribution < -0.4 is 10.1 Å². The Labute approximate surface area is 100 Å². The van der Waals surface area contributed by atoms with E-state index >= 15 is 0 Å². The number of rotatable bonds is 2. The zero-order valence-corrected chi connectivity index (χ0v) is 9.80. The van der Waals surface area contributed by atoms with Gasteiger partial charge in [-0.15, -0.1) is 0 Å². The van der Waals surface area contributed by atoms with Crippen molar-refractivity contribution in [1.82, 2.24) is 5.32 Å². The van der Waals surface area contributed by atoms with Crippen LogP contribution in [-0.2, 0) is 9.53 Å². The fourth-order valence-electron chi connectivity index (χ4n) is 0.764. The van der Waals surface area contributed by atoms with Crippen LogP contribution in [0.4, 0.5) is 4.79 Å². The highest BCUT2D eigenvalue weighted by atomic mass is 16.6. The van der Waals surface area contributed by atoms with Crippen molar-refractivity contribution in [2.75, 3.05) is 7.05 Å². The van der Waals surface area contributed by atoms with Crippen LogP contribution in [0, 0.1) is 0 Å². The van der Waals surface area contributed by atoms with E-state index in [4.69, 9.17) is 4.74 Å². The summed E-state index contributed by atoms with van der Waals surface area (Å²) in [6, 6.07) is 8.90. The number of amides is 1. The molecule has 0 heterocycles. The summed E-state index contributed by atoms with van der Waals surface area (Å²) in [5.74, 6) is 0.219. The van der Waals surface area contributed by atoms with Crippen molar-refractivity contribution in [3.63, 3.8) is 0 Å². The summed E-state index contributed by atoms with van der Waals surface area (Å²) in [5.41, 5.74) is 0. The second-order valence-corrected chi connectivity index (χ2v) is 2.73. The summed E-state index contributed by atoms with van der Waals surface area (Å²) in [4.78, 5) is 20.4. The van der Waals surface area contributed by atoms with Gasteiger partial charge in [0.25, 0.3) is 0 Å².